The van der Waals surface area contributed by atoms with Gasteiger partial charge in [-0.15, -0.1) is 0 Å². The summed E-state index contributed by atoms with van der Waals surface area (Å²) in [5.41, 5.74) is 24.2. The summed E-state index contributed by atoms with van der Waals surface area (Å²) in [4.78, 5) is 9.51. The Morgan fingerprint density at radius 3 is 1.05 bits per heavy atom. The van der Waals surface area contributed by atoms with Crippen molar-refractivity contribution in [3.63, 3.8) is 0 Å². The van der Waals surface area contributed by atoms with E-state index < -0.39 is 5.41 Å². The number of hydrogen-bond donors (Lipinski definition) is 0. The van der Waals surface area contributed by atoms with Gasteiger partial charge < -0.3 is 19.6 Å². The van der Waals surface area contributed by atoms with E-state index in [1.54, 1.807) is 0 Å². The van der Waals surface area contributed by atoms with Crippen molar-refractivity contribution in [1.29, 1.82) is 0 Å². The summed E-state index contributed by atoms with van der Waals surface area (Å²) in [6.45, 7) is 2.23. The number of aryl methyl sites for hydroxylation is 1. The number of rotatable bonds is 12. The van der Waals surface area contributed by atoms with Crippen LogP contribution in [0.5, 0.6) is 0 Å². The van der Waals surface area contributed by atoms with Crippen LogP contribution < -0.4 is 19.6 Å². The van der Waals surface area contributed by atoms with Gasteiger partial charge in [0.05, 0.1) is 5.41 Å². The third kappa shape index (κ3) is 7.92. The van der Waals surface area contributed by atoms with E-state index in [1.165, 1.54) is 55.8 Å². The van der Waals surface area contributed by atoms with Gasteiger partial charge in [-0.25, -0.2) is 0 Å². The van der Waals surface area contributed by atoms with Crippen molar-refractivity contribution in [2.24, 2.45) is 0 Å². The zero-order valence-corrected chi connectivity index (χ0v) is 43.5. The summed E-state index contributed by atoms with van der Waals surface area (Å²) >= 11 is 0. The maximum absolute atomic E-state index is 2.46. The lowest BCUT2D eigenvalue weighted by atomic mass is 9.70. The van der Waals surface area contributed by atoms with Crippen LogP contribution in [0, 0.1) is 6.92 Å². The molecule has 0 radical (unpaired) electrons. The van der Waals surface area contributed by atoms with Crippen molar-refractivity contribution in [2.75, 3.05) is 19.6 Å². The lowest BCUT2D eigenvalue weighted by molar-refractivity contribution is 0.792. The van der Waals surface area contributed by atoms with Crippen molar-refractivity contribution in [2.45, 2.75) is 25.2 Å². The minimum absolute atomic E-state index is 0.528. The predicted molar refractivity (Wildman–Crippen MR) is 327 cm³/mol. The smallest absolute Gasteiger partial charge is 0.0725 e. The van der Waals surface area contributed by atoms with Gasteiger partial charge in [-0.1, -0.05) is 163 Å². The molecule has 0 saturated carbocycles. The normalized spacial score (nSPS) is 14.4. The molecule has 0 N–H and O–H groups in total. The number of para-hydroxylation sites is 5. The molecule has 3 aliphatic rings. The zero-order chi connectivity index (χ0) is 52.0. The summed E-state index contributed by atoms with van der Waals surface area (Å²) in [5, 5.41) is 0. The molecule has 0 heterocycles. The van der Waals surface area contributed by atoms with Gasteiger partial charge in [0.1, 0.15) is 0 Å². The molecule has 0 bridgehead atoms. The Labute approximate surface area is 458 Å². The van der Waals surface area contributed by atoms with Crippen molar-refractivity contribution in [3.8, 4) is 22.3 Å². The van der Waals surface area contributed by atoms with Gasteiger partial charge in [0, 0.05) is 68.3 Å². The molecular formula is C74H56N4. The Bertz CT molecular complexity index is 3980. The number of fused-ring (bicyclic) bond motifs is 10. The molecule has 11 aromatic carbocycles. The molecule has 0 aromatic heterocycles. The quantitative estimate of drug-likeness (QED) is 0.121. The first-order valence-electron chi connectivity index (χ1n) is 27.1. The fourth-order valence-electron chi connectivity index (χ4n) is 12.5. The van der Waals surface area contributed by atoms with Gasteiger partial charge in [-0.2, -0.15) is 0 Å². The van der Waals surface area contributed by atoms with Crippen LogP contribution in [0.25, 0.3) is 22.3 Å². The average molecular weight is 1000 g/mol. The first-order chi connectivity index (χ1) is 38.6. The van der Waals surface area contributed by atoms with Crippen LogP contribution in [-0.4, -0.2) is 0 Å². The summed E-state index contributed by atoms with van der Waals surface area (Å²) in [6, 6.07) is 102. The van der Waals surface area contributed by atoms with E-state index in [-0.39, 0.29) is 0 Å². The number of allylic oxidation sites excluding steroid dienone is 3. The van der Waals surface area contributed by atoms with Crippen LogP contribution in [0.4, 0.5) is 62.6 Å². The van der Waals surface area contributed by atoms with Crippen LogP contribution in [0.15, 0.2) is 303 Å². The molecule has 1 unspecified atom stereocenters. The van der Waals surface area contributed by atoms with Gasteiger partial charge in [0.2, 0.25) is 0 Å². The number of hydrogen-bond acceptors (Lipinski definition) is 4. The van der Waals surface area contributed by atoms with Crippen molar-refractivity contribution in [1.82, 2.24) is 0 Å². The molecule has 0 saturated heterocycles. The van der Waals surface area contributed by atoms with Crippen molar-refractivity contribution < 1.29 is 0 Å². The van der Waals surface area contributed by atoms with Crippen LogP contribution in [0.2, 0.25) is 0 Å². The summed E-state index contributed by atoms with van der Waals surface area (Å²) in [5.74, 6) is 0. The molecule has 0 fully saturated rings. The Hall–Kier alpha value is -9.90. The molecule has 0 amide bonds. The van der Waals surface area contributed by atoms with E-state index in [9.17, 15) is 0 Å². The zero-order valence-electron chi connectivity index (χ0n) is 43.5. The van der Waals surface area contributed by atoms with Crippen LogP contribution in [0.3, 0.4) is 0 Å². The van der Waals surface area contributed by atoms with Gasteiger partial charge in [0.15, 0.2) is 0 Å². The second-order valence-corrected chi connectivity index (χ2v) is 20.5. The van der Waals surface area contributed by atoms with E-state index in [2.05, 4.69) is 324 Å². The second kappa shape index (κ2) is 19.7. The standard InChI is InChI=1S/C74H56N4/c1-53-36-47-67-66-34-20-21-35-70(66)74(73(67)50-53)71-48-45-64(77(58-30-16-6-17-31-58)62-41-37-60(38-42-62)75(54-22-8-2-9-23-54)55-24-10-3-11-25-55)51-68(71)69-52-65(46-49-72(69)74)78(59-32-18-7-19-33-59)63-43-39-61(40-44-63)76(56-26-12-4-13-27-56)57-28-14-5-15-29-57/h2-4,6-14,16-52H,5,15H2,1H3. The highest BCUT2D eigenvalue weighted by Gasteiger charge is 2.52. The highest BCUT2D eigenvalue weighted by atomic mass is 15.2. The third-order valence-corrected chi connectivity index (χ3v) is 15.9. The maximum atomic E-state index is 2.46. The van der Waals surface area contributed by atoms with Gasteiger partial charge >= 0.3 is 0 Å². The predicted octanol–water partition coefficient (Wildman–Crippen LogP) is 20.1. The molecular weight excluding hydrogens is 945 g/mol. The van der Waals surface area contributed by atoms with E-state index in [1.807, 2.05) is 0 Å². The fourth-order valence-corrected chi connectivity index (χ4v) is 12.5. The fraction of sp³-hybridized carbons (Fsp3) is 0.0541. The Kier molecular flexibility index (Phi) is 11.8. The Morgan fingerprint density at radius 2 is 0.615 bits per heavy atom. The minimum atomic E-state index is -0.528. The molecule has 3 aliphatic carbocycles. The minimum Gasteiger partial charge on any atom is -0.311 e. The highest BCUT2D eigenvalue weighted by Crippen LogP contribution is 2.64. The average Bonchev–Trinajstić information content (AvgIpc) is 2.51. The topological polar surface area (TPSA) is 13.0 Å². The molecule has 4 nitrogen and oxygen atoms in total. The maximum Gasteiger partial charge on any atom is 0.0725 e. The lowest BCUT2D eigenvalue weighted by Crippen LogP contribution is -2.26. The Balaban J connectivity index is 0.940. The number of benzene rings is 11. The first kappa shape index (κ1) is 46.6. The molecule has 1 atom stereocenters. The molecule has 14 rings (SSSR count). The molecule has 11 aromatic rings. The SMILES string of the molecule is Cc1ccc2c(c1)C1(c3ccccc3-2)c2ccc(N(c3ccccc3)c3ccc(N(C4=CCCC=C4)c4ccccc4)cc3)cc2-c2cc(N(c3ccccc3)c3ccc(N(c4ccccc4)c4ccccc4)cc3)ccc21. The third-order valence-electron chi connectivity index (χ3n) is 15.9. The monoisotopic (exact) mass is 1000 g/mol. The molecule has 4 heteroatoms. The van der Waals surface area contributed by atoms with E-state index >= 15 is 0 Å². The largest absolute Gasteiger partial charge is 0.311 e. The highest BCUT2D eigenvalue weighted by molar-refractivity contribution is 5.98. The first-order valence-corrected chi connectivity index (χ1v) is 27.1. The second-order valence-electron chi connectivity index (χ2n) is 20.5. The van der Waals surface area contributed by atoms with Crippen molar-refractivity contribution in [3.05, 3.63) is 331 Å². The molecule has 78 heavy (non-hydrogen) atoms. The van der Waals surface area contributed by atoms with Crippen LogP contribution in [0.1, 0.15) is 40.7 Å². The number of nitrogens with zero attached hydrogens (tertiary/aromatic N) is 4. The van der Waals surface area contributed by atoms with Gasteiger partial charge in [0.25, 0.3) is 0 Å². The molecule has 1 spiro atoms. The van der Waals surface area contributed by atoms with E-state index in [4.69, 9.17) is 0 Å². The molecule has 372 valence electrons. The van der Waals surface area contributed by atoms with Gasteiger partial charge in [-0.3, -0.25) is 0 Å². The van der Waals surface area contributed by atoms with E-state index in [0.29, 0.717) is 0 Å². The molecule has 0 aliphatic heterocycles. The van der Waals surface area contributed by atoms with Crippen molar-refractivity contribution >= 4 is 62.6 Å². The lowest BCUT2D eigenvalue weighted by Gasteiger charge is -2.32. The summed E-state index contributed by atoms with van der Waals surface area (Å²) in [6.07, 6.45) is 8.97. The summed E-state index contributed by atoms with van der Waals surface area (Å²) < 4.78 is 0. The van der Waals surface area contributed by atoms with Crippen LogP contribution in [-0.2, 0) is 5.41 Å². The number of anilines is 11. The van der Waals surface area contributed by atoms with E-state index in [0.717, 1.165) is 75.4 Å². The Morgan fingerprint density at radius 1 is 0.269 bits per heavy atom. The summed E-state index contributed by atoms with van der Waals surface area (Å²) in [7, 11) is 0. The van der Waals surface area contributed by atoms with Gasteiger partial charge in [-0.05, 0) is 204 Å². The van der Waals surface area contributed by atoms with Crippen LogP contribution >= 0.6 is 0 Å².